The van der Waals surface area contributed by atoms with Crippen LogP contribution in [0, 0.1) is 17.2 Å². The van der Waals surface area contributed by atoms with E-state index < -0.39 is 5.97 Å². The van der Waals surface area contributed by atoms with Crippen molar-refractivity contribution < 1.29 is 9.90 Å². The molecule has 4 rings (SSSR count). The third kappa shape index (κ3) is 4.74. The highest BCUT2D eigenvalue weighted by Crippen LogP contribution is 2.46. The maximum atomic E-state index is 12.2. The van der Waals surface area contributed by atoms with Gasteiger partial charge in [0.05, 0.1) is 17.6 Å². The normalized spacial score (nSPS) is 25.0. The molecule has 4 heteroatoms. The summed E-state index contributed by atoms with van der Waals surface area (Å²) in [6.45, 7) is 2.92. The van der Waals surface area contributed by atoms with E-state index in [9.17, 15) is 15.2 Å². The van der Waals surface area contributed by atoms with Crippen molar-refractivity contribution in [1.29, 1.82) is 5.26 Å². The van der Waals surface area contributed by atoms with Gasteiger partial charge in [-0.1, -0.05) is 62.1 Å². The molecule has 3 atom stereocenters. The Balaban J connectivity index is 1.64. The number of allylic oxidation sites excluding steroid dienone is 2. The van der Waals surface area contributed by atoms with Crippen molar-refractivity contribution in [3.05, 3.63) is 70.3 Å². The summed E-state index contributed by atoms with van der Waals surface area (Å²) in [5.74, 6) is -1.04. The molecule has 1 heterocycles. The van der Waals surface area contributed by atoms with Gasteiger partial charge < -0.3 is 5.11 Å². The molecule has 0 radical (unpaired) electrons. The highest BCUT2D eigenvalue weighted by atomic mass is 16.4. The molecule has 0 amide bonds. The molecule has 1 N–H and O–H groups in total. The van der Waals surface area contributed by atoms with Gasteiger partial charge in [-0.05, 0) is 67.4 Å². The van der Waals surface area contributed by atoms with Crippen molar-refractivity contribution in [3.63, 3.8) is 0 Å². The molecule has 1 aliphatic heterocycles. The van der Waals surface area contributed by atoms with Gasteiger partial charge in [0.25, 0.3) is 0 Å². The lowest BCUT2D eigenvalue weighted by Gasteiger charge is -2.38. The summed E-state index contributed by atoms with van der Waals surface area (Å²) in [6, 6.07) is 10.2. The van der Waals surface area contributed by atoms with Gasteiger partial charge in [-0.3, -0.25) is 9.69 Å². The molecule has 1 aromatic carbocycles. The van der Waals surface area contributed by atoms with Crippen LogP contribution < -0.4 is 0 Å². The fourth-order valence-electron chi connectivity index (χ4n) is 5.82. The second-order valence-electron chi connectivity index (χ2n) is 9.46. The number of aliphatic carboxylic acids is 1. The second-order valence-corrected chi connectivity index (χ2v) is 9.46. The molecule has 1 fully saturated rings. The van der Waals surface area contributed by atoms with Crippen LogP contribution in [0.4, 0.5) is 0 Å². The molecule has 32 heavy (non-hydrogen) atoms. The Morgan fingerprint density at radius 3 is 2.94 bits per heavy atom. The van der Waals surface area contributed by atoms with Gasteiger partial charge in [0, 0.05) is 18.6 Å². The van der Waals surface area contributed by atoms with Gasteiger partial charge in [-0.15, -0.1) is 0 Å². The van der Waals surface area contributed by atoms with Crippen LogP contribution in [0.2, 0.25) is 0 Å². The van der Waals surface area contributed by atoms with Crippen molar-refractivity contribution in [1.82, 2.24) is 4.90 Å². The summed E-state index contributed by atoms with van der Waals surface area (Å²) in [5, 5.41) is 19.4. The van der Waals surface area contributed by atoms with E-state index in [1.54, 1.807) is 0 Å². The molecule has 0 saturated heterocycles. The molecule has 3 unspecified atom stereocenters. The minimum atomic E-state index is -0.681. The fraction of sp³-hybridized carbons (Fsp3) is 0.500. The van der Waals surface area contributed by atoms with Crippen LogP contribution in [0.1, 0.15) is 75.8 Å². The quantitative estimate of drug-likeness (QED) is 0.503. The number of carbonyl (C=O) groups is 1. The predicted molar refractivity (Wildman–Crippen MR) is 127 cm³/mol. The van der Waals surface area contributed by atoms with Crippen molar-refractivity contribution in [2.75, 3.05) is 0 Å². The minimum absolute atomic E-state index is 0.0453. The second kappa shape index (κ2) is 10.3. The van der Waals surface area contributed by atoms with Gasteiger partial charge in [0.15, 0.2) is 0 Å². The summed E-state index contributed by atoms with van der Waals surface area (Å²) < 4.78 is 0. The molecule has 3 aliphatic rings. The number of rotatable bonds is 8. The average molecular weight is 431 g/mol. The first kappa shape index (κ1) is 22.6. The first-order valence-corrected chi connectivity index (χ1v) is 12.2. The third-order valence-electron chi connectivity index (χ3n) is 7.34. The molecule has 0 bridgehead atoms. The third-order valence-corrected chi connectivity index (χ3v) is 7.34. The van der Waals surface area contributed by atoms with E-state index in [0.29, 0.717) is 12.1 Å². The Hall–Kier alpha value is -2.64. The van der Waals surface area contributed by atoms with Gasteiger partial charge in [0.1, 0.15) is 0 Å². The highest BCUT2D eigenvalue weighted by Gasteiger charge is 2.47. The number of carboxylic acids is 1. The van der Waals surface area contributed by atoms with Crippen LogP contribution >= 0.6 is 0 Å². The van der Waals surface area contributed by atoms with E-state index in [1.165, 1.54) is 42.4 Å². The summed E-state index contributed by atoms with van der Waals surface area (Å²) in [7, 11) is 0. The number of unbranched alkanes of at least 4 members (excludes halogenated alkanes) is 3. The lowest BCUT2D eigenvalue weighted by atomic mass is 9.80. The van der Waals surface area contributed by atoms with Crippen molar-refractivity contribution in [2.24, 2.45) is 5.92 Å². The Labute approximate surface area is 191 Å². The largest absolute Gasteiger partial charge is 0.481 e. The molecule has 0 spiro atoms. The molecule has 2 aliphatic carbocycles. The topological polar surface area (TPSA) is 64.3 Å². The van der Waals surface area contributed by atoms with Crippen LogP contribution in [-0.2, 0) is 11.3 Å². The highest BCUT2D eigenvalue weighted by molar-refractivity contribution is 5.72. The van der Waals surface area contributed by atoms with E-state index in [-0.39, 0.29) is 18.0 Å². The summed E-state index contributed by atoms with van der Waals surface area (Å²) in [5.41, 5.74) is 5.89. The van der Waals surface area contributed by atoms with E-state index >= 15 is 0 Å². The number of nitrogens with zero attached hydrogens (tertiary/aromatic N) is 2. The number of nitriles is 1. The maximum Gasteiger partial charge on any atom is 0.308 e. The van der Waals surface area contributed by atoms with Gasteiger partial charge >= 0.3 is 5.97 Å². The van der Waals surface area contributed by atoms with E-state index in [0.717, 1.165) is 37.7 Å². The summed E-state index contributed by atoms with van der Waals surface area (Å²) >= 11 is 0. The van der Waals surface area contributed by atoms with Crippen molar-refractivity contribution >= 4 is 5.97 Å². The Bertz CT molecular complexity index is 981. The molecule has 0 aromatic heterocycles. The van der Waals surface area contributed by atoms with Crippen LogP contribution in [-0.4, -0.2) is 28.1 Å². The van der Waals surface area contributed by atoms with E-state index in [1.807, 2.05) is 18.2 Å². The standard InChI is InChI=1S/C28H34N2O2/c1-2-3-4-5-9-20-10-7-13-23-24-14-8-15-25(28(31)32)27(24)30(26(23)17-20)19-22-12-6-11-21(16-22)18-29/h6-7,10-13,16,25-27H,2-5,8-9,14-15,17,19H2,1H3,(H,31,32). The zero-order valence-electron chi connectivity index (χ0n) is 19.1. The van der Waals surface area contributed by atoms with Crippen LogP contribution in [0.15, 0.2) is 59.2 Å². The Morgan fingerprint density at radius 1 is 1.28 bits per heavy atom. The van der Waals surface area contributed by atoms with Crippen molar-refractivity contribution in [3.8, 4) is 6.07 Å². The molecule has 1 saturated carbocycles. The van der Waals surface area contributed by atoms with E-state index in [4.69, 9.17) is 0 Å². The van der Waals surface area contributed by atoms with Crippen molar-refractivity contribution in [2.45, 2.75) is 83.3 Å². The smallest absolute Gasteiger partial charge is 0.308 e. The molecule has 168 valence electrons. The zero-order chi connectivity index (χ0) is 22.5. The zero-order valence-corrected chi connectivity index (χ0v) is 19.1. The molecular weight excluding hydrogens is 396 g/mol. The lowest BCUT2D eigenvalue weighted by Crippen LogP contribution is -2.46. The predicted octanol–water partition coefficient (Wildman–Crippen LogP) is 6.15. The number of carboxylic acid groups (broad SMARTS) is 1. The Morgan fingerprint density at radius 2 is 2.16 bits per heavy atom. The Kier molecular flexibility index (Phi) is 7.27. The number of hydrogen-bond acceptors (Lipinski definition) is 3. The van der Waals surface area contributed by atoms with Gasteiger partial charge in [-0.2, -0.15) is 5.26 Å². The number of hydrogen-bond donors (Lipinski definition) is 1. The monoisotopic (exact) mass is 430 g/mol. The van der Waals surface area contributed by atoms with Gasteiger partial charge in [-0.25, -0.2) is 0 Å². The minimum Gasteiger partial charge on any atom is -0.481 e. The van der Waals surface area contributed by atoms with Crippen LogP contribution in [0.25, 0.3) is 0 Å². The molecule has 4 nitrogen and oxygen atoms in total. The fourth-order valence-corrected chi connectivity index (χ4v) is 5.82. The molecule has 1 aromatic rings. The molecular formula is C28H34N2O2. The average Bonchev–Trinajstić information content (AvgIpc) is 2.95. The van der Waals surface area contributed by atoms with Crippen LogP contribution in [0.3, 0.4) is 0 Å². The maximum absolute atomic E-state index is 12.2. The van der Waals surface area contributed by atoms with E-state index in [2.05, 4.69) is 42.2 Å². The summed E-state index contributed by atoms with van der Waals surface area (Å²) in [6.07, 6.45) is 16.5. The number of fused-ring (bicyclic) bond motifs is 2. The number of benzene rings is 1. The summed E-state index contributed by atoms with van der Waals surface area (Å²) in [4.78, 5) is 14.7. The SMILES string of the molecule is CCCCCCC1=CC=CC2=C3CCCC(C(=O)O)C3N(Cc3cccc(C#N)c3)C2C1. The first-order valence-electron chi connectivity index (χ1n) is 12.2. The lowest BCUT2D eigenvalue weighted by molar-refractivity contribution is -0.144. The van der Waals surface area contributed by atoms with Gasteiger partial charge in [0.2, 0.25) is 0 Å². The first-order chi connectivity index (χ1) is 15.6. The van der Waals surface area contributed by atoms with Crippen LogP contribution in [0.5, 0.6) is 0 Å².